The second-order valence-electron chi connectivity index (χ2n) is 5.70. The molecular weight excluding hydrogens is 230 g/mol. The predicted octanol–water partition coefficient (Wildman–Crippen LogP) is 2.72. The molecule has 0 radical (unpaired) electrons. The number of hydrogen-bond acceptors (Lipinski definition) is 2. The summed E-state index contributed by atoms with van der Waals surface area (Å²) in [7, 11) is 0. The fourth-order valence-corrected chi connectivity index (χ4v) is 2.95. The van der Waals surface area contributed by atoms with E-state index in [-0.39, 0.29) is 12.3 Å². The zero-order valence-electron chi connectivity index (χ0n) is 11.5. The second kappa shape index (κ2) is 6.76. The molecule has 1 atom stereocenters. The molecule has 0 bridgehead atoms. The summed E-state index contributed by atoms with van der Waals surface area (Å²) in [6.45, 7) is 4.18. The highest BCUT2D eigenvalue weighted by Gasteiger charge is 2.37. The molecule has 1 rings (SSSR count). The number of rotatable bonds is 7. The van der Waals surface area contributed by atoms with Gasteiger partial charge in [-0.25, -0.2) is 0 Å². The molecule has 2 N–H and O–H groups in total. The summed E-state index contributed by atoms with van der Waals surface area (Å²) in [5, 5.41) is 12.0. The van der Waals surface area contributed by atoms with Crippen LogP contribution in [0.1, 0.15) is 65.2 Å². The van der Waals surface area contributed by atoms with Crippen LogP contribution in [0.15, 0.2) is 0 Å². The van der Waals surface area contributed by atoms with Crippen molar-refractivity contribution < 1.29 is 14.7 Å². The van der Waals surface area contributed by atoms with Crippen molar-refractivity contribution in [3.05, 3.63) is 0 Å². The first-order valence-corrected chi connectivity index (χ1v) is 7.00. The third-order valence-corrected chi connectivity index (χ3v) is 3.77. The normalized spacial score (nSPS) is 19.4. The van der Waals surface area contributed by atoms with Crippen molar-refractivity contribution in [2.75, 3.05) is 0 Å². The topological polar surface area (TPSA) is 66.4 Å². The van der Waals surface area contributed by atoms with Crippen molar-refractivity contribution in [3.8, 4) is 0 Å². The maximum absolute atomic E-state index is 12.0. The Bertz CT molecular complexity index is 295. The summed E-state index contributed by atoms with van der Waals surface area (Å²) >= 11 is 0. The third kappa shape index (κ3) is 4.67. The molecule has 4 heteroatoms. The van der Waals surface area contributed by atoms with Gasteiger partial charge in [0.15, 0.2) is 0 Å². The zero-order chi connectivity index (χ0) is 13.6. The van der Waals surface area contributed by atoms with E-state index in [1.165, 1.54) is 0 Å². The molecule has 0 aromatic rings. The Morgan fingerprint density at radius 3 is 2.44 bits per heavy atom. The Balaban J connectivity index is 2.50. The van der Waals surface area contributed by atoms with Gasteiger partial charge < -0.3 is 10.4 Å². The fraction of sp³-hybridized carbons (Fsp3) is 0.857. The standard InChI is InChI=1S/C14H25NO3/c1-3-6-11(2)9-12(16)15-14(10-13(17)18)7-4-5-8-14/h11H,3-10H2,1-2H3,(H,15,16)(H,17,18). The second-order valence-corrected chi connectivity index (χ2v) is 5.70. The van der Waals surface area contributed by atoms with E-state index in [0.717, 1.165) is 38.5 Å². The van der Waals surface area contributed by atoms with Crippen LogP contribution in [0.4, 0.5) is 0 Å². The van der Waals surface area contributed by atoms with E-state index in [1.54, 1.807) is 0 Å². The van der Waals surface area contributed by atoms with E-state index in [2.05, 4.69) is 19.2 Å². The molecule has 1 aliphatic carbocycles. The Hall–Kier alpha value is -1.06. The molecule has 1 unspecified atom stereocenters. The lowest BCUT2D eigenvalue weighted by atomic mass is 9.92. The van der Waals surface area contributed by atoms with Gasteiger partial charge in [-0.05, 0) is 18.8 Å². The van der Waals surface area contributed by atoms with Crippen molar-refractivity contribution in [2.24, 2.45) is 5.92 Å². The van der Waals surface area contributed by atoms with Crippen LogP contribution < -0.4 is 5.32 Å². The molecule has 4 nitrogen and oxygen atoms in total. The highest BCUT2D eigenvalue weighted by Crippen LogP contribution is 2.32. The molecule has 104 valence electrons. The van der Waals surface area contributed by atoms with Gasteiger partial charge in [0.1, 0.15) is 0 Å². The van der Waals surface area contributed by atoms with Crippen LogP contribution in [-0.2, 0) is 9.59 Å². The van der Waals surface area contributed by atoms with Crippen molar-refractivity contribution in [1.82, 2.24) is 5.32 Å². The summed E-state index contributed by atoms with van der Waals surface area (Å²) in [6.07, 6.45) is 6.31. The van der Waals surface area contributed by atoms with E-state index in [0.29, 0.717) is 12.3 Å². The number of carbonyl (C=O) groups excluding carboxylic acids is 1. The molecule has 0 spiro atoms. The highest BCUT2D eigenvalue weighted by atomic mass is 16.4. The van der Waals surface area contributed by atoms with Crippen LogP contribution in [0, 0.1) is 5.92 Å². The third-order valence-electron chi connectivity index (χ3n) is 3.77. The smallest absolute Gasteiger partial charge is 0.305 e. The Morgan fingerprint density at radius 1 is 1.33 bits per heavy atom. The summed E-state index contributed by atoms with van der Waals surface area (Å²) < 4.78 is 0. The number of hydrogen-bond donors (Lipinski definition) is 2. The van der Waals surface area contributed by atoms with Gasteiger partial charge in [0.25, 0.3) is 0 Å². The Morgan fingerprint density at radius 2 is 1.94 bits per heavy atom. The minimum atomic E-state index is -0.821. The van der Waals surface area contributed by atoms with Crippen molar-refractivity contribution in [3.63, 3.8) is 0 Å². The minimum absolute atomic E-state index is 0.0131. The van der Waals surface area contributed by atoms with Crippen molar-refractivity contribution in [2.45, 2.75) is 70.8 Å². The summed E-state index contributed by atoms with van der Waals surface area (Å²) in [6, 6.07) is 0. The van der Waals surface area contributed by atoms with Crippen molar-refractivity contribution in [1.29, 1.82) is 0 Å². The lowest BCUT2D eigenvalue weighted by Gasteiger charge is -2.29. The largest absolute Gasteiger partial charge is 0.481 e. The molecule has 18 heavy (non-hydrogen) atoms. The molecule has 0 heterocycles. The van der Waals surface area contributed by atoms with Gasteiger partial charge in [0, 0.05) is 6.42 Å². The van der Waals surface area contributed by atoms with Crippen LogP contribution in [0.5, 0.6) is 0 Å². The van der Waals surface area contributed by atoms with E-state index >= 15 is 0 Å². The number of carboxylic acid groups (broad SMARTS) is 1. The number of carbonyl (C=O) groups is 2. The van der Waals surface area contributed by atoms with Crippen LogP contribution in [0.3, 0.4) is 0 Å². The number of aliphatic carboxylic acids is 1. The Labute approximate surface area is 109 Å². The van der Waals surface area contributed by atoms with Crippen molar-refractivity contribution >= 4 is 11.9 Å². The van der Waals surface area contributed by atoms with E-state index in [4.69, 9.17) is 5.11 Å². The molecule has 0 saturated heterocycles. The lowest BCUT2D eigenvalue weighted by Crippen LogP contribution is -2.48. The first kappa shape index (κ1) is 15.0. The summed E-state index contributed by atoms with van der Waals surface area (Å²) in [5.74, 6) is -0.434. The SMILES string of the molecule is CCCC(C)CC(=O)NC1(CC(=O)O)CCCC1. The molecule has 1 aliphatic rings. The van der Waals surface area contributed by atoms with Gasteiger partial charge in [-0.3, -0.25) is 9.59 Å². The predicted molar refractivity (Wildman–Crippen MR) is 70.3 cm³/mol. The van der Waals surface area contributed by atoms with E-state index in [1.807, 2.05) is 0 Å². The quantitative estimate of drug-likeness (QED) is 0.735. The van der Waals surface area contributed by atoms with Crippen LogP contribution in [0.25, 0.3) is 0 Å². The average molecular weight is 255 g/mol. The molecule has 0 aliphatic heterocycles. The molecule has 1 fully saturated rings. The minimum Gasteiger partial charge on any atom is -0.481 e. The average Bonchev–Trinajstić information content (AvgIpc) is 2.64. The van der Waals surface area contributed by atoms with Gasteiger partial charge in [-0.15, -0.1) is 0 Å². The van der Waals surface area contributed by atoms with Gasteiger partial charge >= 0.3 is 5.97 Å². The molecule has 1 saturated carbocycles. The molecule has 0 aromatic carbocycles. The van der Waals surface area contributed by atoms with E-state index in [9.17, 15) is 9.59 Å². The highest BCUT2D eigenvalue weighted by molar-refractivity contribution is 5.78. The number of nitrogens with one attached hydrogen (secondary N) is 1. The van der Waals surface area contributed by atoms with E-state index < -0.39 is 11.5 Å². The van der Waals surface area contributed by atoms with Crippen LogP contribution in [0.2, 0.25) is 0 Å². The van der Waals surface area contributed by atoms with Gasteiger partial charge in [-0.2, -0.15) is 0 Å². The number of carboxylic acids is 1. The van der Waals surface area contributed by atoms with Gasteiger partial charge in [0.05, 0.1) is 12.0 Å². The first-order valence-electron chi connectivity index (χ1n) is 7.00. The van der Waals surface area contributed by atoms with Gasteiger partial charge in [-0.1, -0.05) is 39.5 Å². The lowest BCUT2D eigenvalue weighted by molar-refractivity contribution is -0.139. The summed E-state index contributed by atoms with van der Waals surface area (Å²) in [4.78, 5) is 22.9. The molecule has 1 amide bonds. The monoisotopic (exact) mass is 255 g/mol. The van der Waals surface area contributed by atoms with Crippen LogP contribution >= 0.6 is 0 Å². The first-order chi connectivity index (χ1) is 8.47. The van der Waals surface area contributed by atoms with Gasteiger partial charge in [0.2, 0.25) is 5.91 Å². The summed E-state index contributed by atoms with van der Waals surface area (Å²) in [5.41, 5.74) is -0.477. The molecular formula is C14H25NO3. The maximum atomic E-state index is 12.0. The number of amides is 1. The Kier molecular flexibility index (Phi) is 5.63. The van der Waals surface area contributed by atoms with Crippen LogP contribution in [-0.4, -0.2) is 22.5 Å². The fourth-order valence-electron chi connectivity index (χ4n) is 2.95. The molecule has 0 aromatic heterocycles. The maximum Gasteiger partial charge on any atom is 0.305 e. The zero-order valence-corrected chi connectivity index (χ0v) is 11.5.